The fraction of sp³-hybridized carbons (Fsp3) is 0.333. The lowest BCUT2D eigenvalue weighted by Crippen LogP contribution is -2.07. The third-order valence-corrected chi connectivity index (χ3v) is 3.44. The Morgan fingerprint density at radius 3 is 2.69 bits per heavy atom. The first-order valence-electron chi connectivity index (χ1n) is 4.23. The number of hydrogen-bond acceptors (Lipinski definition) is 3. The molecule has 0 spiro atoms. The Morgan fingerprint density at radius 2 is 2.19 bits per heavy atom. The molecule has 0 radical (unpaired) electrons. The first-order chi connectivity index (χ1) is 7.33. The van der Waals surface area contributed by atoms with Crippen molar-refractivity contribution in [2.75, 3.05) is 12.9 Å². The number of halogens is 3. The molecule has 0 aliphatic heterocycles. The van der Waals surface area contributed by atoms with Gasteiger partial charge in [-0.1, -0.05) is 15.9 Å². The topological polar surface area (TPSA) is 43.4 Å². The fourth-order valence-electron chi connectivity index (χ4n) is 1.21. The summed E-state index contributed by atoms with van der Waals surface area (Å²) >= 11 is 3.17. The van der Waals surface area contributed by atoms with Gasteiger partial charge in [-0.15, -0.1) is 0 Å². The quantitative estimate of drug-likeness (QED) is 0.797. The molecule has 0 aliphatic carbocycles. The third-order valence-electron chi connectivity index (χ3n) is 1.87. The molecule has 0 aromatic heterocycles. The van der Waals surface area contributed by atoms with E-state index >= 15 is 0 Å². The van der Waals surface area contributed by atoms with E-state index < -0.39 is 21.0 Å². The van der Waals surface area contributed by atoms with Crippen molar-refractivity contribution in [2.24, 2.45) is 0 Å². The van der Waals surface area contributed by atoms with Gasteiger partial charge in [-0.05, 0) is 18.2 Å². The van der Waals surface area contributed by atoms with E-state index in [1.807, 2.05) is 0 Å². The van der Waals surface area contributed by atoms with Crippen LogP contribution in [0.3, 0.4) is 0 Å². The van der Waals surface area contributed by atoms with E-state index in [9.17, 15) is 12.8 Å². The van der Waals surface area contributed by atoms with Crippen molar-refractivity contribution >= 4 is 35.7 Å². The van der Waals surface area contributed by atoms with Crippen molar-refractivity contribution < 1.29 is 17.5 Å². The molecule has 0 aliphatic rings. The molecule has 1 rings (SSSR count). The number of rotatable bonds is 4. The molecule has 3 nitrogen and oxygen atoms in total. The molecule has 0 amide bonds. The highest BCUT2D eigenvalue weighted by molar-refractivity contribution is 9.10. The minimum absolute atomic E-state index is 0.154. The standard InChI is InChI=1S/C9H9BrClFO3S/c1-15-9-3-2-6(10)4-7(9)8(12)5-16(11,13)14/h2-4,8H,5H2,1H3. The Labute approximate surface area is 106 Å². The molecular formula is C9H9BrClFO3S. The van der Waals surface area contributed by atoms with Crippen LogP contribution in [-0.2, 0) is 9.05 Å². The molecule has 90 valence electrons. The van der Waals surface area contributed by atoms with Crippen molar-refractivity contribution in [3.8, 4) is 5.75 Å². The Bertz CT molecular complexity index is 478. The lowest BCUT2D eigenvalue weighted by atomic mass is 10.1. The summed E-state index contributed by atoms with van der Waals surface area (Å²) < 4.78 is 40.8. The first-order valence-corrected chi connectivity index (χ1v) is 7.50. The van der Waals surface area contributed by atoms with Gasteiger partial charge in [-0.3, -0.25) is 0 Å². The lowest BCUT2D eigenvalue weighted by Gasteiger charge is -2.11. The Balaban J connectivity index is 3.06. The summed E-state index contributed by atoms with van der Waals surface area (Å²) in [7, 11) is 2.49. The van der Waals surface area contributed by atoms with E-state index in [-0.39, 0.29) is 11.3 Å². The molecule has 1 unspecified atom stereocenters. The molecule has 7 heteroatoms. The molecule has 1 aromatic rings. The second kappa shape index (κ2) is 5.33. The summed E-state index contributed by atoms with van der Waals surface area (Å²) in [6.07, 6.45) is -1.71. The van der Waals surface area contributed by atoms with E-state index in [1.54, 1.807) is 12.1 Å². The highest BCUT2D eigenvalue weighted by Crippen LogP contribution is 2.31. The smallest absolute Gasteiger partial charge is 0.235 e. The van der Waals surface area contributed by atoms with Crippen LogP contribution < -0.4 is 4.74 Å². The van der Waals surface area contributed by atoms with E-state index in [1.165, 1.54) is 13.2 Å². The molecule has 0 saturated carbocycles. The third kappa shape index (κ3) is 3.92. The van der Waals surface area contributed by atoms with Gasteiger partial charge in [0.1, 0.15) is 17.7 Å². The summed E-state index contributed by atoms with van der Waals surface area (Å²) in [4.78, 5) is 0. The summed E-state index contributed by atoms with van der Waals surface area (Å²) in [6, 6.07) is 4.68. The molecule has 0 heterocycles. The van der Waals surface area contributed by atoms with Crippen LogP contribution in [0.15, 0.2) is 22.7 Å². The Morgan fingerprint density at radius 1 is 1.56 bits per heavy atom. The zero-order chi connectivity index (χ0) is 12.3. The average molecular weight is 332 g/mol. The van der Waals surface area contributed by atoms with Gasteiger partial charge in [0, 0.05) is 20.7 Å². The van der Waals surface area contributed by atoms with Crippen LogP contribution >= 0.6 is 26.6 Å². The zero-order valence-corrected chi connectivity index (χ0v) is 11.4. The van der Waals surface area contributed by atoms with Gasteiger partial charge in [0.25, 0.3) is 0 Å². The maximum Gasteiger partial charge on any atom is 0.235 e. The van der Waals surface area contributed by atoms with Gasteiger partial charge in [0.05, 0.1) is 7.11 Å². The molecule has 0 bridgehead atoms. The molecule has 0 saturated heterocycles. The highest BCUT2D eigenvalue weighted by atomic mass is 79.9. The van der Waals surface area contributed by atoms with E-state index in [4.69, 9.17) is 15.4 Å². The van der Waals surface area contributed by atoms with E-state index in [0.29, 0.717) is 4.47 Å². The minimum Gasteiger partial charge on any atom is -0.496 e. The molecular weight excluding hydrogens is 323 g/mol. The summed E-state index contributed by atoms with van der Waals surface area (Å²) in [6.45, 7) is 0. The number of alkyl halides is 1. The van der Waals surface area contributed by atoms with Gasteiger partial charge in [0.15, 0.2) is 0 Å². The molecule has 1 aromatic carbocycles. The fourth-order valence-corrected chi connectivity index (χ4v) is 2.45. The number of hydrogen-bond donors (Lipinski definition) is 0. The summed E-state index contributed by atoms with van der Waals surface area (Å²) in [5.41, 5.74) is 0.154. The van der Waals surface area contributed by atoms with Crippen LogP contribution in [0.4, 0.5) is 4.39 Å². The number of benzene rings is 1. The lowest BCUT2D eigenvalue weighted by molar-refractivity contribution is 0.348. The van der Waals surface area contributed by atoms with Crippen LogP contribution in [0.25, 0.3) is 0 Å². The number of ether oxygens (including phenoxy) is 1. The van der Waals surface area contributed by atoms with Gasteiger partial charge < -0.3 is 4.74 Å². The van der Waals surface area contributed by atoms with Gasteiger partial charge in [-0.25, -0.2) is 12.8 Å². The highest BCUT2D eigenvalue weighted by Gasteiger charge is 2.21. The predicted molar refractivity (Wildman–Crippen MR) is 64.2 cm³/mol. The molecule has 16 heavy (non-hydrogen) atoms. The van der Waals surface area contributed by atoms with Crippen LogP contribution in [0, 0.1) is 0 Å². The van der Waals surface area contributed by atoms with Crippen LogP contribution in [0.2, 0.25) is 0 Å². The van der Waals surface area contributed by atoms with E-state index in [2.05, 4.69) is 15.9 Å². The molecule has 0 N–H and O–H groups in total. The molecule has 1 atom stereocenters. The van der Waals surface area contributed by atoms with Crippen LogP contribution in [-0.4, -0.2) is 21.3 Å². The second-order valence-corrected chi connectivity index (χ2v) is 6.80. The second-order valence-electron chi connectivity index (χ2n) is 3.06. The largest absolute Gasteiger partial charge is 0.496 e. The minimum atomic E-state index is -3.88. The van der Waals surface area contributed by atoms with Gasteiger partial charge >= 0.3 is 0 Å². The molecule has 0 fully saturated rings. The van der Waals surface area contributed by atoms with Gasteiger partial charge in [0.2, 0.25) is 9.05 Å². The summed E-state index contributed by atoms with van der Waals surface area (Å²) in [5.74, 6) is -0.488. The maximum absolute atomic E-state index is 13.7. The number of methoxy groups -OCH3 is 1. The SMILES string of the molecule is COc1ccc(Br)cc1C(F)CS(=O)(=O)Cl. The van der Waals surface area contributed by atoms with Crippen LogP contribution in [0.5, 0.6) is 5.75 Å². The zero-order valence-electron chi connectivity index (χ0n) is 8.28. The van der Waals surface area contributed by atoms with E-state index in [0.717, 1.165) is 0 Å². The first kappa shape index (κ1) is 13.7. The maximum atomic E-state index is 13.7. The van der Waals surface area contributed by atoms with Gasteiger partial charge in [-0.2, -0.15) is 0 Å². The average Bonchev–Trinajstić information content (AvgIpc) is 2.15. The van der Waals surface area contributed by atoms with Crippen LogP contribution in [0.1, 0.15) is 11.7 Å². The van der Waals surface area contributed by atoms with Crippen molar-refractivity contribution in [3.63, 3.8) is 0 Å². The normalized spacial score (nSPS) is 13.5. The summed E-state index contributed by atoms with van der Waals surface area (Å²) in [5, 5.41) is 0. The van der Waals surface area contributed by atoms with Crippen molar-refractivity contribution in [3.05, 3.63) is 28.2 Å². The van der Waals surface area contributed by atoms with Crippen molar-refractivity contribution in [1.29, 1.82) is 0 Å². The Kier molecular flexibility index (Phi) is 4.58. The Hall–Kier alpha value is -0.330. The predicted octanol–water partition coefficient (Wildman–Crippen LogP) is 3.04. The van der Waals surface area contributed by atoms with Crippen molar-refractivity contribution in [2.45, 2.75) is 6.17 Å². The monoisotopic (exact) mass is 330 g/mol. The van der Waals surface area contributed by atoms with Crippen molar-refractivity contribution in [1.82, 2.24) is 0 Å².